The molecule has 0 radical (unpaired) electrons. The molecule has 3 rings (SSSR count). The first-order valence-corrected chi connectivity index (χ1v) is 10.4. The van der Waals surface area contributed by atoms with Crippen molar-refractivity contribution >= 4 is 12.0 Å². The zero-order valence-electron chi connectivity index (χ0n) is 18.0. The van der Waals surface area contributed by atoms with Gasteiger partial charge in [-0.1, -0.05) is 6.07 Å². The number of aliphatic hydroxyl groups excluding tert-OH is 6. The van der Waals surface area contributed by atoms with Crippen molar-refractivity contribution in [2.24, 2.45) is 0 Å². The highest BCUT2D eigenvalue weighted by Crippen LogP contribution is 2.30. The van der Waals surface area contributed by atoms with Crippen LogP contribution < -0.4 is 0 Å². The first kappa shape index (κ1) is 26.3. The predicted molar refractivity (Wildman–Crippen MR) is 110 cm³/mol. The minimum absolute atomic E-state index is 0.342. The number of hydrogen-bond acceptors (Lipinski definition) is 13. The summed E-state index contributed by atoms with van der Waals surface area (Å²) in [6.45, 7) is 0.661. The monoisotopic (exact) mass is 488 g/mol. The van der Waals surface area contributed by atoms with Crippen molar-refractivity contribution in [3.05, 3.63) is 29.8 Å². The molecular formula is C21H28O13. The first-order valence-electron chi connectivity index (χ1n) is 10.4. The van der Waals surface area contributed by atoms with E-state index in [-0.39, 0.29) is 5.75 Å². The van der Waals surface area contributed by atoms with Crippen LogP contribution in [0.1, 0.15) is 12.5 Å². The highest BCUT2D eigenvalue weighted by Gasteiger charge is 2.51. The van der Waals surface area contributed by atoms with E-state index in [4.69, 9.17) is 18.9 Å². The van der Waals surface area contributed by atoms with Gasteiger partial charge in [0.15, 0.2) is 30.2 Å². The van der Waals surface area contributed by atoms with Gasteiger partial charge in [0.2, 0.25) is 0 Å². The SMILES string of the molecule is C[C@@H]1O[C@@H](O[C@@H]2[C@@H](O)[C@H](O)O[C@H](CO)[C@H]2OC(=O)C=Cc2ccc(O)c(O)c2)[C@H](O)[C@H](O)[C@H]1O. The Labute approximate surface area is 193 Å². The maximum atomic E-state index is 12.4. The molecule has 0 aliphatic carbocycles. The van der Waals surface area contributed by atoms with Gasteiger partial charge in [0, 0.05) is 6.08 Å². The van der Waals surface area contributed by atoms with E-state index in [1.54, 1.807) is 0 Å². The summed E-state index contributed by atoms with van der Waals surface area (Å²) >= 11 is 0. The Kier molecular flexibility index (Phi) is 8.46. The van der Waals surface area contributed by atoms with Crippen molar-refractivity contribution in [3.63, 3.8) is 0 Å². The zero-order chi connectivity index (χ0) is 25.2. The van der Waals surface area contributed by atoms with E-state index in [2.05, 4.69) is 0 Å². The van der Waals surface area contributed by atoms with Crippen LogP contribution in [0.3, 0.4) is 0 Å². The third-order valence-corrected chi connectivity index (χ3v) is 5.58. The molecule has 13 nitrogen and oxygen atoms in total. The average molecular weight is 488 g/mol. The summed E-state index contributed by atoms with van der Waals surface area (Å²) in [4.78, 5) is 12.4. The number of carbonyl (C=O) groups is 1. The van der Waals surface area contributed by atoms with Gasteiger partial charge in [-0.3, -0.25) is 0 Å². The molecule has 2 saturated heterocycles. The van der Waals surface area contributed by atoms with Crippen LogP contribution in [0.25, 0.3) is 6.08 Å². The number of aliphatic hydroxyl groups is 6. The highest BCUT2D eigenvalue weighted by molar-refractivity contribution is 5.87. The van der Waals surface area contributed by atoms with Crippen LogP contribution in [0.2, 0.25) is 0 Å². The average Bonchev–Trinajstić information content (AvgIpc) is 2.81. The second kappa shape index (κ2) is 10.9. The molecule has 1 aromatic carbocycles. The third-order valence-electron chi connectivity index (χ3n) is 5.58. The number of carbonyl (C=O) groups excluding carboxylic acids is 1. The first-order chi connectivity index (χ1) is 16.0. The van der Waals surface area contributed by atoms with Gasteiger partial charge in [-0.05, 0) is 30.7 Å². The van der Waals surface area contributed by atoms with E-state index >= 15 is 0 Å². The molecule has 0 bridgehead atoms. The van der Waals surface area contributed by atoms with Crippen LogP contribution >= 0.6 is 0 Å². The van der Waals surface area contributed by atoms with Crippen molar-refractivity contribution < 1.29 is 64.6 Å². The molecule has 0 spiro atoms. The molecular weight excluding hydrogens is 460 g/mol. The molecule has 13 heteroatoms. The Bertz CT molecular complexity index is 876. The molecule has 1 aromatic rings. The Balaban J connectivity index is 1.77. The summed E-state index contributed by atoms with van der Waals surface area (Å²) in [5.74, 6) is -1.74. The molecule has 34 heavy (non-hydrogen) atoms. The van der Waals surface area contributed by atoms with Crippen LogP contribution in [-0.2, 0) is 23.7 Å². The number of hydrogen-bond donors (Lipinski definition) is 8. The lowest BCUT2D eigenvalue weighted by Crippen LogP contribution is -2.64. The largest absolute Gasteiger partial charge is 0.504 e. The normalized spacial score (nSPS) is 38.7. The molecule has 0 saturated carbocycles. The van der Waals surface area contributed by atoms with Crippen molar-refractivity contribution in [3.8, 4) is 11.5 Å². The Morgan fingerprint density at radius 1 is 0.971 bits per heavy atom. The molecule has 10 atom stereocenters. The summed E-state index contributed by atoms with van der Waals surface area (Å²) in [7, 11) is 0. The lowest BCUT2D eigenvalue weighted by molar-refractivity contribution is -0.352. The van der Waals surface area contributed by atoms with Crippen molar-refractivity contribution in [1.29, 1.82) is 0 Å². The van der Waals surface area contributed by atoms with Crippen molar-refractivity contribution in [1.82, 2.24) is 0 Å². The molecule has 0 amide bonds. The predicted octanol–water partition coefficient (Wildman–Crippen LogP) is -2.69. The van der Waals surface area contributed by atoms with E-state index in [9.17, 15) is 45.6 Å². The number of esters is 1. The number of ether oxygens (including phenoxy) is 4. The fourth-order valence-corrected chi connectivity index (χ4v) is 3.62. The Morgan fingerprint density at radius 3 is 2.32 bits per heavy atom. The maximum absolute atomic E-state index is 12.4. The standard InChI is InChI=1S/C21H28O13/c1-8-14(26)15(27)16(28)21(31-8)34-19-17(29)20(30)32-12(7-22)18(19)33-13(25)5-3-9-2-4-10(23)11(24)6-9/h2-6,8,12,14-24,26-30H,7H2,1H3/t8-,12+,14-,15+,16+,17+,18+,19+,20+,21-/m0/s1. The Morgan fingerprint density at radius 2 is 1.68 bits per heavy atom. The summed E-state index contributed by atoms with van der Waals surface area (Å²) < 4.78 is 21.3. The van der Waals surface area contributed by atoms with E-state index in [1.807, 2.05) is 0 Å². The topological polar surface area (TPSA) is 216 Å². The Hall–Kier alpha value is -2.33. The lowest BCUT2D eigenvalue weighted by atomic mass is 9.97. The summed E-state index contributed by atoms with van der Waals surface area (Å²) in [5.41, 5.74) is 0.342. The lowest BCUT2D eigenvalue weighted by Gasteiger charge is -2.45. The van der Waals surface area contributed by atoms with Crippen LogP contribution in [0.15, 0.2) is 24.3 Å². The van der Waals surface area contributed by atoms with Gasteiger partial charge >= 0.3 is 5.97 Å². The fourth-order valence-electron chi connectivity index (χ4n) is 3.62. The fraction of sp³-hybridized carbons (Fsp3) is 0.571. The molecule has 2 aliphatic rings. The van der Waals surface area contributed by atoms with E-state index in [0.29, 0.717) is 5.56 Å². The van der Waals surface area contributed by atoms with Crippen LogP contribution in [0.4, 0.5) is 0 Å². The molecule has 2 aliphatic heterocycles. The molecule has 190 valence electrons. The number of rotatable bonds is 6. The summed E-state index contributed by atoms with van der Waals surface area (Å²) in [5, 5.41) is 79.0. The van der Waals surface area contributed by atoms with Gasteiger partial charge in [0.1, 0.15) is 36.6 Å². The van der Waals surface area contributed by atoms with Gasteiger partial charge < -0.3 is 59.8 Å². The van der Waals surface area contributed by atoms with E-state index in [1.165, 1.54) is 31.2 Å². The number of aromatic hydroxyl groups is 2. The number of phenols is 2. The molecule has 8 N–H and O–H groups in total. The minimum atomic E-state index is -1.85. The van der Waals surface area contributed by atoms with Gasteiger partial charge in [-0.15, -0.1) is 0 Å². The van der Waals surface area contributed by atoms with Crippen molar-refractivity contribution in [2.75, 3.05) is 6.61 Å². The maximum Gasteiger partial charge on any atom is 0.331 e. The quantitative estimate of drug-likeness (QED) is 0.116. The van der Waals surface area contributed by atoms with Gasteiger partial charge in [0.25, 0.3) is 0 Å². The van der Waals surface area contributed by atoms with Crippen LogP contribution in [-0.4, -0.2) is 115 Å². The molecule has 0 unspecified atom stereocenters. The van der Waals surface area contributed by atoms with Crippen LogP contribution in [0.5, 0.6) is 11.5 Å². The number of phenolic OH excluding ortho intramolecular Hbond substituents is 2. The van der Waals surface area contributed by atoms with E-state index in [0.717, 1.165) is 6.08 Å². The highest BCUT2D eigenvalue weighted by atomic mass is 16.7. The number of benzene rings is 1. The second-order valence-corrected chi connectivity index (χ2v) is 8.00. The minimum Gasteiger partial charge on any atom is -0.504 e. The molecule has 2 heterocycles. The van der Waals surface area contributed by atoms with Gasteiger partial charge in [0.05, 0.1) is 12.7 Å². The zero-order valence-corrected chi connectivity index (χ0v) is 18.0. The summed E-state index contributed by atoms with van der Waals surface area (Å²) in [6.07, 6.45) is -13.2. The van der Waals surface area contributed by atoms with Gasteiger partial charge in [-0.25, -0.2) is 4.79 Å². The van der Waals surface area contributed by atoms with E-state index < -0.39 is 79.7 Å². The second-order valence-electron chi connectivity index (χ2n) is 8.00. The van der Waals surface area contributed by atoms with Crippen LogP contribution in [0, 0.1) is 0 Å². The van der Waals surface area contributed by atoms with Crippen molar-refractivity contribution in [2.45, 2.75) is 68.3 Å². The summed E-state index contributed by atoms with van der Waals surface area (Å²) in [6, 6.07) is 3.81. The smallest absolute Gasteiger partial charge is 0.331 e. The van der Waals surface area contributed by atoms with Gasteiger partial charge in [-0.2, -0.15) is 0 Å². The molecule has 2 fully saturated rings. The third kappa shape index (κ3) is 5.66. The molecule has 0 aromatic heterocycles.